The van der Waals surface area contributed by atoms with Crippen LogP contribution in [-0.2, 0) is 17.6 Å². The van der Waals surface area contributed by atoms with Crippen molar-refractivity contribution in [1.29, 1.82) is 0 Å². The molecule has 4 heteroatoms. The third kappa shape index (κ3) is 2.30. The summed E-state index contributed by atoms with van der Waals surface area (Å²) in [6.07, 6.45) is 4.11. The Morgan fingerprint density at radius 1 is 1.47 bits per heavy atom. The molecule has 0 radical (unpaired) electrons. The molecule has 0 spiro atoms. The Hall–Kier alpha value is -0.580. The number of rotatable bonds is 4. The number of fused-ring (bicyclic) bond motifs is 1. The minimum Gasteiger partial charge on any atom is -0.493 e. The molecule has 19 heavy (non-hydrogen) atoms. The monoisotopic (exact) mass is 326 g/mol. The first-order chi connectivity index (χ1) is 9.14. The van der Waals surface area contributed by atoms with Crippen molar-refractivity contribution in [3.05, 3.63) is 27.7 Å². The third-order valence-corrected chi connectivity index (χ3v) is 4.91. The van der Waals surface area contributed by atoms with Crippen LogP contribution in [0.3, 0.4) is 0 Å². The molecule has 1 N–H and O–H groups in total. The van der Waals surface area contributed by atoms with Crippen LogP contribution in [0.4, 0.5) is 0 Å². The largest absolute Gasteiger partial charge is 0.493 e. The number of hydrogen-bond acceptors (Lipinski definition) is 3. The molecule has 104 valence electrons. The predicted molar refractivity (Wildman–Crippen MR) is 76.6 cm³/mol. The van der Waals surface area contributed by atoms with Gasteiger partial charge < -0.3 is 14.6 Å². The van der Waals surface area contributed by atoms with Crippen molar-refractivity contribution in [2.45, 2.75) is 43.8 Å². The summed E-state index contributed by atoms with van der Waals surface area (Å²) in [6.45, 7) is 0.740. The second-order valence-corrected chi connectivity index (χ2v) is 6.41. The van der Waals surface area contributed by atoms with Crippen molar-refractivity contribution in [3.63, 3.8) is 0 Å². The maximum atomic E-state index is 10.5. The maximum absolute atomic E-state index is 10.5. The zero-order chi connectivity index (χ0) is 13.5. The Bertz CT molecular complexity index is 477. The van der Waals surface area contributed by atoms with Crippen LogP contribution in [0.2, 0.25) is 0 Å². The maximum Gasteiger partial charge on any atom is 0.125 e. The van der Waals surface area contributed by atoms with Crippen LogP contribution in [-0.4, -0.2) is 30.5 Å². The van der Waals surface area contributed by atoms with Gasteiger partial charge in [-0.1, -0.05) is 15.9 Å². The lowest BCUT2D eigenvalue weighted by atomic mass is 9.74. The third-order valence-electron chi connectivity index (χ3n) is 4.45. The summed E-state index contributed by atoms with van der Waals surface area (Å²) in [5.41, 5.74) is 1.97. The normalized spacial score (nSPS) is 21.4. The summed E-state index contributed by atoms with van der Waals surface area (Å²) in [6, 6.07) is 4.16. The van der Waals surface area contributed by atoms with Crippen LogP contribution in [0, 0.1) is 0 Å². The number of hydrogen-bond donors (Lipinski definition) is 1. The van der Waals surface area contributed by atoms with Crippen molar-refractivity contribution in [1.82, 2.24) is 0 Å². The highest BCUT2D eigenvalue weighted by Crippen LogP contribution is 2.41. The first kappa shape index (κ1) is 13.4. The van der Waals surface area contributed by atoms with Crippen molar-refractivity contribution >= 4 is 15.9 Å². The Kier molecular flexibility index (Phi) is 3.58. The standard InChI is InChI=1S/C15H19BrO3/c1-18-15(4-2-5-15)13(17)9-11-8-12(16)7-10-3-6-19-14(10)11/h7-8,13,17H,2-6,9H2,1H3. The van der Waals surface area contributed by atoms with E-state index in [-0.39, 0.29) is 5.60 Å². The highest BCUT2D eigenvalue weighted by atomic mass is 79.9. The summed E-state index contributed by atoms with van der Waals surface area (Å²) in [7, 11) is 1.70. The smallest absolute Gasteiger partial charge is 0.125 e. The summed E-state index contributed by atoms with van der Waals surface area (Å²) in [5, 5.41) is 10.5. The number of aliphatic hydroxyl groups excluding tert-OH is 1. The number of halogens is 1. The van der Waals surface area contributed by atoms with Gasteiger partial charge in [0.25, 0.3) is 0 Å². The molecule has 1 saturated carbocycles. The molecule has 1 heterocycles. The van der Waals surface area contributed by atoms with Crippen LogP contribution < -0.4 is 4.74 Å². The fourth-order valence-electron chi connectivity index (χ4n) is 3.09. The van der Waals surface area contributed by atoms with Crippen LogP contribution >= 0.6 is 15.9 Å². The Morgan fingerprint density at radius 2 is 2.26 bits per heavy atom. The second-order valence-electron chi connectivity index (χ2n) is 5.49. The molecule has 1 aromatic rings. The summed E-state index contributed by atoms with van der Waals surface area (Å²) < 4.78 is 12.3. The van der Waals surface area contributed by atoms with Crippen LogP contribution in [0.15, 0.2) is 16.6 Å². The summed E-state index contributed by atoms with van der Waals surface area (Å²) in [4.78, 5) is 0. The van der Waals surface area contributed by atoms with Gasteiger partial charge in [0.2, 0.25) is 0 Å². The average Bonchev–Trinajstić information content (AvgIpc) is 2.76. The lowest BCUT2D eigenvalue weighted by Gasteiger charge is -2.44. The van der Waals surface area contributed by atoms with Crippen LogP contribution in [0.25, 0.3) is 0 Å². The quantitative estimate of drug-likeness (QED) is 0.924. The van der Waals surface area contributed by atoms with Gasteiger partial charge in [0.15, 0.2) is 0 Å². The van der Waals surface area contributed by atoms with Crippen molar-refractivity contribution in [3.8, 4) is 5.75 Å². The summed E-state index contributed by atoms with van der Waals surface area (Å²) in [5.74, 6) is 0.966. The Morgan fingerprint density at radius 3 is 2.89 bits per heavy atom. The molecule has 0 bridgehead atoms. The van der Waals surface area contributed by atoms with E-state index < -0.39 is 6.10 Å². The fourth-order valence-corrected chi connectivity index (χ4v) is 3.64. The predicted octanol–water partition coefficient (Wildman–Crippen LogP) is 2.86. The molecule has 1 atom stereocenters. The van der Waals surface area contributed by atoms with Crippen molar-refractivity contribution in [2.24, 2.45) is 0 Å². The Balaban J connectivity index is 1.83. The number of benzene rings is 1. The second kappa shape index (κ2) is 5.08. The average molecular weight is 327 g/mol. The molecule has 0 saturated heterocycles. The SMILES string of the molecule is COC1(C(O)Cc2cc(Br)cc3c2OCC3)CCC1. The number of ether oxygens (including phenoxy) is 2. The lowest BCUT2D eigenvalue weighted by molar-refractivity contribution is -0.148. The fraction of sp³-hybridized carbons (Fsp3) is 0.600. The molecular formula is C15H19BrO3. The molecule has 2 aliphatic rings. The minimum atomic E-state index is -0.464. The van der Waals surface area contributed by atoms with E-state index >= 15 is 0 Å². The molecule has 1 fully saturated rings. The molecule has 0 amide bonds. The first-order valence-electron chi connectivity index (χ1n) is 6.82. The molecule has 1 aliphatic heterocycles. The van der Waals surface area contributed by atoms with E-state index in [2.05, 4.69) is 28.1 Å². The van der Waals surface area contributed by atoms with E-state index in [0.717, 1.165) is 48.1 Å². The molecule has 3 rings (SSSR count). The van der Waals surface area contributed by atoms with Gasteiger partial charge in [-0.15, -0.1) is 0 Å². The zero-order valence-electron chi connectivity index (χ0n) is 11.1. The molecule has 3 nitrogen and oxygen atoms in total. The van der Waals surface area contributed by atoms with E-state index in [1.807, 2.05) is 0 Å². The zero-order valence-corrected chi connectivity index (χ0v) is 12.7. The van der Waals surface area contributed by atoms with Gasteiger partial charge in [-0.05, 0) is 42.5 Å². The van der Waals surface area contributed by atoms with E-state index in [1.165, 1.54) is 5.56 Å². The van der Waals surface area contributed by atoms with Gasteiger partial charge in [0.1, 0.15) is 5.75 Å². The van der Waals surface area contributed by atoms with Gasteiger partial charge in [0.05, 0.1) is 18.3 Å². The number of aliphatic hydroxyl groups is 1. The van der Waals surface area contributed by atoms with E-state index in [4.69, 9.17) is 9.47 Å². The van der Waals surface area contributed by atoms with Gasteiger partial charge in [-0.3, -0.25) is 0 Å². The molecule has 1 aliphatic carbocycles. The van der Waals surface area contributed by atoms with Crippen LogP contribution in [0.1, 0.15) is 30.4 Å². The summed E-state index contributed by atoms with van der Waals surface area (Å²) >= 11 is 3.54. The van der Waals surface area contributed by atoms with E-state index in [9.17, 15) is 5.11 Å². The molecule has 1 unspecified atom stereocenters. The number of methoxy groups -OCH3 is 1. The van der Waals surface area contributed by atoms with E-state index in [0.29, 0.717) is 6.42 Å². The highest BCUT2D eigenvalue weighted by Gasteiger charge is 2.44. The van der Waals surface area contributed by atoms with Gasteiger partial charge in [0, 0.05) is 24.4 Å². The van der Waals surface area contributed by atoms with Crippen molar-refractivity contribution < 1.29 is 14.6 Å². The topological polar surface area (TPSA) is 38.7 Å². The highest BCUT2D eigenvalue weighted by molar-refractivity contribution is 9.10. The molecule has 1 aromatic carbocycles. The van der Waals surface area contributed by atoms with Gasteiger partial charge in [-0.2, -0.15) is 0 Å². The van der Waals surface area contributed by atoms with E-state index in [1.54, 1.807) is 7.11 Å². The lowest BCUT2D eigenvalue weighted by Crippen LogP contribution is -2.50. The van der Waals surface area contributed by atoms with Crippen molar-refractivity contribution in [2.75, 3.05) is 13.7 Å². The molecule has 0 aromatic heterocycles. The Labute approximate surface area is 122 Å². The van der Waals surface area contributed by atoms with Gasteiger partial charge >= 0.3 is 0 Å². The first-order valence-corrected chi connectivity index (χ1v) is 7.61. The molecular weight excluding hydrogens is 308 g/mol. The van der Waals surface area contributed by atoms with Crippen LogP contribution in [0.5, 0.6) is 5.75 Å². The van der Waals surface area contributed by atoms with Gasteiger partial charge in [-0.25, -0.2) is 0 Å². The minimum absolute atomic E-state index is 0.339.